The number of carbonyl (C=O) groups is 1. The van der Waals surface area contributed by atoms with Gasteiger partial charge >= 0.3 is 0 Å². The van der Waals surface area contributed by atoms with E-state index in [0.717, 1.165) is 32.1 Å². The van der Waals surface area contributed by atoms with Gasteiger partial charge in [0.25, 0.3) is 0 Å². The average Bonchev–Trinajstić information content (AvgIpc) is 2.84. The number of rotatable bonds is 25. The predicted molar refractivity (Wildman–Crippen MR) is 147 cm³/mol. The molecule has 0 aliphatic carbocycles. The first-order chi connectivity index (χ1) is 16.7. The van der Waals surface area contributed by atoms with Crippen molar-refractivity contribution in [2.45, 2.75) is 154 Å². The maximum atomic E-state index is 12.1. The van der Waals surface area contributed by atoms with Crippen LogP contribution in [0.1, 0.15) is 142 Å². The Morgan fingerprint density at radius 2 is 1.15 bits per heavy atom. The van der Waals surface area contributed by atoms with Gasteiger partial charge in [-0.05, 0) is 38.5 Å². The molecule has 1 amide bonds. The van der Waals surface area contributed by atoms with Gasteiger partial charge in [0.1, 0.15) is 0 Å². The molecule has 0 fully saturated rings. The molecule has 200 valence electrons. The Hall–Kier alpha value is -1.13. The average molecular weight is 480 g/mol. The van der Waals surface area contributed by atoms with Gasteiger partial charge in [0.05, 0.1) is 18.8 Å². The SMILES string of the molecule is CCCC/C=C/C(O)C(CO)NC(=O)CCCCCCCCC/C=C\CCCCCCCCC. The van der Waals surface area contributed by atoms with E-state index in [4.69, 9.17) is 0 Å². The largest absolute Gasteiger partial charge is 0.394 e. The Bertz CT molecular complexity index is 489. The van der Waals surface area contributed by atoms with Gasteiger partial charge in [-0.25, -0.2) is 0 Å². The van der Waals surface area contributed by atoms with Crippen LogP contribution in [-0.4, -0.2) is 34.9 Å². The molecular formula is C30H57NO3. The van der Waals surface area contributed by atoms with E-state index in [9.17, 15) is 15.0 Å². The molecule has 34 heavy (non-hydrogen) atoms. The predicted octanol–water partition coefficient (Wildman–Crippen LogP) is 7.78. The van der Waals surface area contributed by atoms with Crippen molar-refractivity contribution in [1.82, 2.24) is 5.32 Å². The van der Waals surface area contributed by atoms with E-state index in [1.807, 2.05) is 6.08 Å². The summed E-state index contributed by atoms with van der Waals surface area (Å²) in [6, 6.07) is -0.616. The normalized spacial score (nSPS) is 13.6. The van der Waals surface area contributed by atoms with Crippen molar-refractivity contribution in [2.24, 2.45) is 0 Å². The Labute approximate surface area is 211 Å². The fourth-order valence-electron chi connectivity index (χ4n) is 4.10. The summed E-state index contributed by atoms with van der Waals surface area (Å²) in [6.45, 7) is 4.14. The zero-order valence-electron chi connectivity index (χ0n) is 22.6. The van der Waals surface area contributed by atoms with Crippen LogP contribution in [0.15, 0.2) is 24.3 Å². The van der Waals surface area contributed by atoms with E-state index in [0.29, 0.717) is 6.42 Å². The first-order valence-electron chi connectivity index (χ1n) is 14.6. The first kappa shape index (κ1) is 32.9. The van der Waals surface area contributed by atoms with Crippen molar-refractivity contribution >= 4 is 5.91 Å². The third-order valence-corrected chi connectivity index (χ3v) is 6.43. The van der Waals surface area contributed by atoms with Gasteiger partial charge < -0.3 is 15.5 Å². The molecule has 4 nitrogen and oxygen atoms in total. The fourth-order valence-corrected chi connectivity index (χ4v) is 4.10. The number of amides is 1. The zero-order chi connectivity index (χ0) is 25.1. The van der Waals surface area contributed by atoms with Crippen LogP contribution in [0.3, 0.4) is 0 Å². The molecule has 0 spiro atoms. The van der Waals surface area contributed by atoms with E-state index in [1.54, 1.807) is 6.08 Å². The molecule has 0 heterocycles. The minimum atomic E-state index is -0.832. The molecule has 0 aromatic heterocycles. The van der Waals surface area contributed by atoms with Crippen molar-refractivity contribution in [1.29, 1.82) is 0 Å². The van der Waals surface area contributed by atoms with Crippen LogP contribution in [0.2, 0.25) is 0 Å². The third kappa shape index (κ3) is 22.7. The van der Waals surface area contributed by atoms with Gasteiger partial charge in [-0.3, -0.25) is 4.79 Å². The van der Waals surface area contributed by atoms with Gasteiger partial charge in [-0.2, -0.15) is 0 Å². The van der Waals surface area contributed by atoms with Crippen LogP contribution in [0.4, 0.5) is 0 Å². The van der Waals surface area contributed by atoms with Crippen LogP contribution < -0.4 is 5.32 Å². The van der Waals surface area contributed by atoms with Crippen LogP contribution in [0, 0.1) is 0 Å². The lowest BCUT2D eigenvalue weighted by Gasteiger charge is -2.19. The highest BCUT2D eigenvalue weighted by Gasteiger charge is 2.17. The Morgan fingerprint density at radius 3 is 1.68 bits per heavy atom. The molecule has 0 radical (unpaired) electrons. The number of carbonyl (C=O) groups excluding carboxylic acids is 1. The van der Waals surface area contributed by atoms with E-state index in [2.05, 4.69) is 31.3 Å². The smallest absolute Gasteiger partial charge is 0.220 e. The first-order valence-corrected chi connectivity index (χ1v) is 14.6. The van der Waals surface area contributed by atoms with Gasteiger partial charge in [-0.15, -0.1) is 0 Å². The maximum Gasteiger partial charge on any atom is 0.220 e. The van der Waals surface area contributed by atoms with E-state index in [-0.39, 0.29) is 12.5 Å². The van der Waals surface area contributed by atoms with E-state index in [1.165, 1.54) is 89.9 Å². The number of hydrogen-bond acceptors (Lipinski definition) is 3. The highest BCUT2D eigenvalue weighted by molar-refractivity contribution is 5.76. The number of aliphatic hydroxyl groups is 2. The minimum absolute atomic E-state index is 0.0802. The van der Waals surface area contributed by atoms with Gasteiger partial charge in [0, 0.05) is 6.42 Å². The Balaban J connectivity index is 3.53. The number of hydrogen-bond donors (Lipinski definition) is 3. The molecule has 0 saturated heterocycles. The molecule has 0 saturated carbocycles. The summed E-state index contributed by atoms with van der Waals surface area (Å²) in [5.41, 5.74) is 0. The highest BCUT2D eigenvalue weighted by Crippen LogP contribution is 2.12. The molecule has 2 atom stereocenters. The Morgan fingerprint density at radius 1 is 0.676 bits per heavy atom. The summed E-state index contributed by atoms with van der Waals surface area (Å²) in [5.74, 6) is -0.0802. The summed E-state index contributed by atoms with van der Waals surface area (Å²) < 4.78 is 0. The van der Waals surface area contributed by atoms with Crippen molar-refractivity contribution in [3.05, 3.63) is 24.3 Å². The topological polar surface area (TPSA) is 69.6 Å². The Kier molecular flexibility index (Phi) is 25.6. The lowest BCUT2D eigenvalue weighted by molar-refractivity contribution is -0.123. The van der Waals surface area contributed by atoms with Crippen LogP contribution in [0.25, 0.3) is 0 Å². The van der Waals surface area contributed by atoms with E-state index >= 15 is 0 Å². The molecule has 0 aromatic carbocycles. The molecule has 2 unspecified atom stereocenters. The molecule has 3 N–H and O–H groups in total. The third-order valence-electron chi connectivity index (χ3n) is 6.43. The number of allylic oxidation sites excluding steroid dienone is 3. The molecular weight excluding hydrogens is 422 g/mol. The summed E-state index contributed by atoms with van der Waals surface area (Å²) in [4.78, 5) is 12.1. The molecule has 0 aromatic rings. The summed E-state index contributed by atoms with van der Waals surface area (Å²) in [6.07, 6.45) is 31.4. The maximum absolute atomic E-state index is 12.1. The fraction of sp³-hybridized carbons (Fsp3) is 0.833. The van der Waals surface area contributed by atoms with Gasteiger partial charge in [-0.1, -0.05) is 122 Å². The lowest BCUT2D eigenvalue weighted by Crippen LogP contribution is -2.45. The number of nitrogens with one attached hydrogen (secondary N) is 1. The van der Waals surface area contributed by atoms with Crippen LogP contribution in [0.5, 0.6) is 0 Å². The van der Waals surface area contributed by atoms with Gasteiger partial charge in [0.15, 0.2) is 0 Å². The quantitative estimate of drug-likeness (QED) is 0.0924. The minimum Gasteiger partial charge on any atom is -0.394 e. The van der Waals surface area contributed by atoms with Crippen molar-refractivity contribution in [3.8, 4) is 0 Å². The lowest BCUT2D eigenvalue weighted by atomic mass is 10.1. The zero-order valence-corrected chi connectivity index (χ0v) is 22.6. The van der Waals surface area contributed by atoms with Gasteiger partial charge in [0.2, 0.25) is 5.91 Å². The van der Waals surface area contributed by atoms with Crippen molar-refractivity contribution in [2.75, 3.05) is 6.61 Å². The van der Waals surface area contributed by atoms with Crippen molar-refractivity contribution < 1.29 is 15.0 Å². The van der Waals surface area contributed by atoms with Crippen LogP contribution in [-0.2, 0) is 4.79 Å². The van der Waals surface area contributed by atoms with E-state index < -0.39 is 12.1 Å². The summed E-state index contributed by atoms with van der Waals surface area (Å²) >= 11 is 0. The monoisotopic (exact) mass is 479 g/mol. The van der Waals surface area contributed by atoms with Crippen molar-refractivity contribution in [3.63, 3.8) is 0 Å². The second-order valence-electron chi connectivity index (χ2n) is 9.81. The summed E-state index contributed by atoms with van der Waals surface area (Å²) in [7, 11) is 0. The molecule has 4 heteroatoms. The molecule has 0 aliphatic rings. The highest BCUT2D eigenvalue weighted by atomic mass is 16.3. The number of aliphatic hydroxyl groups excluding tert-OH is 2. The molecule has 0 rings (SSSR count). The second kappa shape index (κ2) is 26.5. The second-order valence-corrected chi connectivity index (χ2v) is 9.81. The van der Waals surface area contributed by atoms with Crippen LogP contribution >= 0.6 is 0 Å². The summed E-state index contributed by atoms with van der Waals surface area (Å²) in [5, 5.41) is 22.3. The molecule has 0 bridgehead atoms. The molecule has 0 aliphatic heterocycles. The number of unbranched alkanes of at least 4 members (excludes halogenated alkanes) is 16. The standard InChI is InChI=1S/C30H57NO3/c1-3-5-7-9-10-11-12-13-14-15-16-17-18-19-20-21-22-24-26-30(34)31-28(27-32)29(33)25-23-8-6-4-2/h14-15,23,25,28-29,32-33H,3-13,16-22,24,26-27H2,1-2H3,(H,31,34)/b15-14-,25-23+.